The van der Waals surface area contributed by atoms with Crippen LogP contribution in [0.25, 0.3) is 0 Å². The fraction of sp³-hybridized carbons (Fsp3) is 0.923. The molecule has 0 amide bonds. The number of nitrogens with zero attached hydrogens (tertiary/aromatic N) is 2. The van der Waals surface area contributed by atoms with Crippen LogP contribution in [0.3, 0.4) is 0 Å². The summed E-state index contributed by atoms with van der Waals surface area (Å²) in [6.07, 6.45) is 3.29. The van der Waals surface area contributed by atoms with Gasteiger partial charge in [0.05, 0.1) is 13.4 Å². The summed E-state index contributed by atoms with van der Waals surface area (Å²) in [6, 6.07) is 0. The minimum Gasteiger partial charge on any atom is -0.468 e. The molecule has 122 valence electrons. The van der Waals surface area contributed by atoms with Crippen molar-refractivity contribution >= 4 is 16.0 Å². The largest absolute Gasteiger partial charge is 0.468 e. The van der Waals surface area contributed by atoms with Crippen molar-refractivity contribution in [2.24, 2.45) is 5.92 Å². The number of nitrogens with one attached hydrogen (secondary N) is 1. The summed E-state index contributed by atoms with van der Waals surface area (Å²) in [5.74, 6) is 0.0842. The molecule has 1 saturated carbocycles. The Labute approximate surface area is 126 Å². The van der Waals surface area contributed by atoms with Gasteiger partial charge in [0.25, 0.3) is 0 Å². The van der Waals surface area contributed by atoms with Crippen LogP contribution in [0, 0.1) is 5.92 Å². The molecule has 1 N–H and O–H groups in total. The molecule has 1 aliphatic heterocycles. The highest BCUT2D eigenvalue weighted by atomic mass is 32.2. The number of esters is 1. The van der Waals surface area contributed by atoms with E-state index in [1.807, 2.05) is 0 Å². The lowest BCUT2D eigenvalue weighted by Crippen LogP contribution is -2.62. The Balaban J connectivity index is 2.01. The lowest BCUT2D eigenvalue weighted by molar-refractivity contribution is -0.150. The van der Waals surface area contributed by atoms with Crippen molar-refractivity contribution < 1.29 is 17.9 Å². The number of hydrogen-bond donors (Lipinski definition) is 1. The number of piperazine rings is 1. The topological polar surface area (TPSA) is 79.0 Å². The molecule has 0 aromatic rings. The van der Waals surface area contributed by atoms with Gasteiger partial charge in [0, 0.05) is 32.7 Å². The summed E-state index contributed by atoms with van der Waals surface area (Å²) in [4.78, 5) is 14.4. The third-order valence-electron chi connectivity index (χ3n) is 4.54. The number of rotatable bonds is 6. The normalized spacial score (nSPS) is 24.5. The zero-order valence-corrected chi connectivity index (χ0v) is 13.8. The maximum Gasteiger partial charge on any atom is 0.327 e. The molecule has 2 fully saturated rings. The predicted molar refractivity (Wildman–Crippen MR) is 79.4 cm³/mol. The molecule has 1 heterocycles. The Hall–Kier alpha value is -0.700. The second-order valence-corrected chi connectivity index (χ2v) is 7.91. The molecule has 1 aliphatic carbocycles. The van der Waals surface area contributed by atoms with E-state index < -0.39 is 15.6 Å². The lowest BCUT2D eigenvalue weighted by Gasteiger charge is -2.40. The van der Waals surface area contributed by atoms with Crippen LogP contribution in [0.4, 0.5) is 0 Å². The molecule has 2 aliphatic rings. The van der Waals surface area contributed by atoms with Gasteiger partial charge in [-0.1, -0.05) is 0 Å². The summed E-state index contributed by atoms with van der Waals surface area (Å²) in [5, 5.41) is 3.17. The average Bonchev–Trinajstić information content (AvgIpc) is 3.28. The molecule has 8 heteroatoms. The van der Waals surface area contributed by atoms with Crippen molar-refractivity contribution in [1.82, 2.24) is 14.5 Å². The van der Waals surface area contributed by atoms with E-state index >= 15 is 0 Å². The molecule has 21 heavy (non-hydrogen) atoms. The Morgan fingerprint density at radius 3 is 2.24 bits per heavy atom. The molecular weight excluding hydrogens is 294 g/mol. The number of ether oxygens (including phenoxy) is 1. The van der Waals surface area contributed by atoms with E-state index in [9.17, 15) is 13.2 Å². The molecule has 1 atom stereocenters. The van der Waals surface area contributed by atoms with Gasteiger partial charge in [0.1, 0.15) is 5.54 Å². The standard InChI is InChI=1S/C13H25N3O4S/c1-14-13(11-4-5-11,12(17)20-2)10-15-6-8-16(9-7-15)21(3,18)19/h11,14H,4-10H2,1-3H3. The van der Waals surface area contributed by atoms with Crippen LogP contribution < -0.4 is 5.32 Å². The molecule has 0 spiro atoms. The highest BCUT2D eigenvalue weighted by Crippen LogP contribution is 2.41. The molecule has 7 nitrogen and oxygen atoms in total. The summed E-state index contributed by atoms with van der Waals surface area (Å²) >= 11 is 0. The number of likely N-dealkylation sites (N-methyl/N-ethyl adjacent to an activating group) is 1. The van der Waals surface area contributed by atoms with Crippen LogP contribution in [-0.2, 0) is 19.6 Å². The van der Waals surface area contributed by atoms with Crippen molar-refractivity contribution in [3.63, 3.8) is 0 Å². The van der Waals surface area contributed by atoms with Gasteiger partial charge in [-0.05, 0) is 25.8 Å². The highest BCUT2D eigenvalue weighted by molar-refractivity contribution is 7.88. The van der Waals surface area contributed by atoms with Gasteiger partial charge in [-0.15, -0.1) is 0 Å². The van der Waals surface area contributed by atoms with E-state index in [0.717, 1.165) is 12.8 Å². The fourth-order valence-electron chi connectivity index (χ4n) is 3.08. The van der Waals surface area contributed by atoms with E-state index in [-0.39, 0.29) is 5.97 Å². The summed E-state index contributed by atoms with van der Waals surface area (Å²) in [6.45, 7) is 2.80. The quantitative estimate of drug-likeness (QED) is 0.640. The molecule has 1 saturated heterocycles. The molecule has 0 aromatic heterocycles. The van der Waals surface area contributed by atoms with Crippen LogP contribution in [0.2, 0.25) is 0 Å². The van der Waals surface area contributed by atoms with E-state index in [2.05, 4.69) is 10.2 Å². The SMILES string of the molecule is CNC(CN1CCN(S(C)(=O)=O)CC1)(C(=O)OC)C1CC1. The number of hydrogen-bond acceptors (Lipinski definition) is 6. The van der Waals surface area contributed by atoms with Gasteiger partial charge < -0.3 is 10.1 Å². The minimum absolute atomic E-state index is 0.224. The highest BCUT2D eigenvalue weighted by Gasteiger charge is 2.52. The van der Waals surface area contributed by atoms with Crippen LogP contribution in [0.1, 0.15) is 12.8 Å². The molecule has 0 bridgehead atoms. The van der Waals surface area contributed by atoms with Crippen LogP contribution in [0.15, 0.2) is 0 Å². The summed E-state index contributed by atoms with van der Waals surface area (Å²) < 4.78 is 29.5. The van der Waals surface area contributed by atoms with E-state index in [1.54, 1.807) is 7.05 Å². The minimum atomic E-state index is -3.12. The van der Waals surface area contributed by atoms with E-state index in [1.165, 1.54) is 17.7 Å². The molecule has 0 aromatic carbocycles. The Kier molecular flexibility index (Phi) is 4.92. The Morgan fingerprint density at radius 2 is 1.86 bits per heavy atom. The van der Waals surface area contributed by atoms with Crippen molar-refractivity contribution in [2.45, 2.75) is 18.4 Å². The first kappa shape index (κ1) is 16.7. The fourth-order valence-corrected chi connectivity index (χ4v) is 3.90. The molecular formula is C13H25N3O4S. The summed E-state index contributed by atoms with van der Waals surface area (Å²) in [7, 11) is 0.0846. The summed E-state index contributed by atoms with van der Waals surface area (Å²) in [5.41, 5.74) is -0.665. The number of carbonyl (C=O) groups excluding carboxylic acids is 1. The van der Waals surface area contributed by atoms with Gasteiger partial charge in [-0.2, -0.15) is 4.31 Å². The zero-order chi connectivity index (χ0) is 15.7. The average molecular weight is 319 g/mol. The third-order valence-corrected chi connectivity index (χ3v) is 5.85. The second-order valence-electron chi connectivity index (χ2n) is 5.93. The number of carbonyl (C=O) groups is 1. The van der Waals surface area contributed by atoms with E-state index in [0.29, 0.717) is 38.6 Å². The Bertz CT molecular complexity index is 484. The van der Waals surface area contributed by atoms with Gasteiger partial charge in [-0.25, -0.2) is 13.2 Å². The molecule has 0 radical (unpaired) electrons. The second kappa shape index (κ2) is 6.20. The van der Waals surface area contributed by atoms with Crippen LogP contribution in [0.5, 0.6) is 0 Å². The van der Waals surface area contributed by atoms with E-state index in [4.69, 9.17) is 4.74 Å². The molecule has 2 rings (SSSR count). The van der Waals surface area contributed by atoms with Crippen molar-refractivity contribution in [1.29, 1.82) is 0 Å². The van der Waals surface area contributed by atoms with Gasteiger partial charge in [-0.3, -0.25) is 4.90 Å². The monoisotopic (exact) mass is 319 g/mol. The number of methoxy groups -OCH3 is 1. The third kappa shape index (κ3) is 3.56. The lowest BCUT2D eigenvalue weighted by atomic mass is 9.92. The Morgan fingerprint density at radius 1 is 1.29 bits per heavy atom. The van der Waals surface area contributed by atoms with Crippen LogP contribution in [-0.4, -0.2) is 82.3 Å². The first-order chi connectivity index (χ1) is 9.83. The predicted octanol–water partition coefficient (Wildman–Crippen LogP) is -0.895. The maximum atomic E-state index is 12.2. The van der Waals surface area contributed by atoms with Crippen LogP contribution >= 0.6 is 0 Å². The van der Waals surface area contributed by atoms with Crippen molar-refractivity contribution in [2.75, 3.05) is 53.1 Å². The first-order valence-electron chi connectivity index (χ1n) is 7.28. The number of sulfonamides is 1. The zero-order valence-electron chi connectivity index (χ0n) is 13.0. The first-order valence-corrected chi connectivity index (χ1v) is 9.13. The van der Waals surface area contributed by atoms with Gasteiger partial charge in [0.15, 0.2) is 0 Å². The smallest absolute Gasteiger partial charge is 0.327 e. The van der Waals surface area contributed by atoms with Gasteiger partial charge >= 0.3 is 5.97 Å². The van der Waals surface area contributed by atoms with Gasteiger partial charge in [0.2, 0.25) is 10.0 Å². The van der Waals surface area contributed by atoms with Crippen molar-refractivity contribution in [3.8, 4) is 0 Å². The maximum absolute atomic E-state index is 12.2. The molecule has 1 unspecified atom stereocenters. The van der Waals surface area contributed by atoms with Crippen molar-refractivity contribution in [3.05, 3.63) is 0 Å².